The molecule has 0 unspecified atom stereocenters. The van der Waals surface area contributed by atoms with E-state index in [1.807, 2.05) is 0 Å². The fourth-order valence-electron chi connectivity index (χ4n) is 3.12. The Morgan fingerprint density at radius 3 is 1.76 bits per heavy atom. The molecule has 0 spiro atoms. The van der Waals surface area contributed by atoms with Crippen LogP contribution in [0, 0.1) is 0 Å². The smallest absolute Gasteiger partial charge is 0.200 e. The Bertz CT molecular complexity index is 828. The second kappa shape index (κ2) is 8.58. The van der Waals surface area contributed by atoms with Crippen LogP contribution in [0.3, 0.4) is 0 Å². The molecule has 29 heavy (non-hydrogen) atoms. The van der Waals surface area contributed by atoms with E-state index >= 15 is 0 Å². The minimum Gasteiger partial charge on any atom is -0.377 e. The molecule has 0 saturated heterocycles. The summed E-state index contributed by atoms with van der Waals surface area (Å²) in [4.78, 5) is 0. The quantitative estimate of drug-likeness (QED) is 0.414. The second-order valence-corrected chi connectivity index (χ2v) is 18.5. The van der Waals surface area contributed by atoms with Crippen LogP contribution in [0.25, 0.3) is 5.69 Å². The van der Waals surface area contributed by atoms with Crippen molar-refractivity contribution in [3.05, 3.63) is 34.8 Å². The number of benzene rings is 1. The summed E-state index contributed by atoms with van der Waals surface area (Å²) < 4.78 is 9.37. The van der Waals surface area contributed by atoms with Crippen LogP contribution in [0.2, 0.25) is 18.1 Å². The van der Waals surface area contributed by atoms with Crippen molar-refractivity contribution in [1.82, 2.24) is 4.33 Å². The monoisotopic (exact) mass is 449 g/mol. The van der Waals surface area contributed by atoms with Gasteiger partial charge >= 0.3 is 0 Å². The Morgan fingerprint density at radius 2 is 1.38 bits per heavy atom. The van der Waals surface area contributed by atoms with Gasteiger partial charge in [-0.15, -0.1) is 0 Å². The first-order valence-corrected chi connectivity index (χ1v) is 15.5. The molecule has 1 aromatic carbocycles. The minimum absolute atomic E-state index is 0.0887. The van der Waals surface area contributed by atoms with E-state index in [0.717, 1.165) is 0 Å². The topological polar surface area (TPSA) is 14.2 Å². The number of para-hydroxylation sites is 1. The van der Waals surface area contributed by atoms with Crippen molar-refractivity contribution in [1.29, 1.82) is 0 Å². The van der Waals surface area contributed by atoms with Crippen LogP contribution in [-0.2, 0) is 5.41 Å². The molecule has 1 aromatic heterocycles. The lowest BCUT2D eigenvalue weighted by Crippen LogP contribution is -2.43. The second-order valence-electron chi connectivity index (χ2n) is 11.3. The average molecular weight is 450 g/mol. The fourth-order valence-corrected chi connectivity index (χ4v) is 8.20. The summed E-state index contributed by atoms with van der Waals surface area (Å²) in [6.45, 7) is 27.9. The maximum Gasteiger partial charge on any atom is 0.200 e. The summed E-state index contributed by atoms with van der Waals surface area (Å²) in [6.07, 6.45) is 0. The molecule has 0 amide bonds. The predicted molar refractivity (Wildman–Crippen MR) is 135 cm³/mol. The molecular weight excluding hydrogens is 408 g/mol. The number of rotatable bonds is 5. The molecule has 0 radical (unpaired) electrons. The fraction of sp³-hybridized carbons (Fsp3) is 0.667. The summed E-state index contributed by atoms with van der Waals surface area (Å²) in [6, 6.07) is 6.85. The van der Waals surface area contributed by atoms with Gasteiger partial charge in [0.15, 0.2) is 0 Å². The van der Waals surface area contributed by atoms with Crippen LogP contribution in [0.4, 0.5) is 0 Å². The molecule has 0 N–H and O–H groups in total. The first kappa shape index (κ1) is 24.8. The Kier molecular flexibility index (Phi) is 7.34. The summed E-state index contributed by atoms with van der Waals surface area (Å²) in [5, 5.41) is 1.41. The van der Waals surface area contributed by atoms with E-state index in [4.69, 9.17) is 4.43 Å². The predicted octanol–water partition coefficient (Wildman–Crippen LogP) is 9.57. The number of nitrogens with zero attached hydrogens (tertiary/aromatic N) is 1. The molecule has 0 aliphatic heterocycles. The molecule has 0 aliphatic carbocycles. The third-order valence-electron chi connectivity index (χ3n) is 5.97. The molecule has 1 heterocycles. The van der Waals surface area contributed by atoms with Gasteiger partial charge in [0.2, 0.25) is 8.32 Å². The van der Waals surface area contributed by atoms with Gasteiger partial charge < -0.3 is 4.43 Å². The standard InChI is InChI=1S/C24H41NOP2Si/c1-16(2)18-14-13-15-19(17(3)4)20(18)25-21(23(5,6)7)27-22(28-25)26-29(11,12)24(8,9)10/h13-17H,1-12H3. The molecule has 0 aliphatic rings. The zero-order valence-corrected chi connectivity index (χ0v) is 23.4. The van der Waals surface area contributed by atoms with Gasteiger partial charge in [0, 0.05) is 5.41 Å². The van der Waals surface area contributed by atoms with Crippen molar-refractivity contribution in [2.75, 3.05) is 0 Å². The maximum absolute atomic E-state index is 6.81. The molecule has 162 valence electrons. The van der Waals surface area contributed by atoms with Crippen LogP contribution >= 0.6 is 16.5 Å². The Morgan fingerprint density at radius 1 is 0.897 bits per heavy atom. The van der Waals surface area contributed by atoms with Gasteiger partial charge in [0.25, 0.3) is 0 Å². The molecule has 0 atom stereocenters. The third-order valence-corrected chi connectivity index (χ3v) is 13.6. The largest absolute Gasteiger partial charge is 0.377 e. The zero-order valence-electron chi connectivity index (χ0n) is 20.6. The minimum atomic E-state index is -1.85. The Hall–Kier alpha value is -0.463. The third kappa shape index (κ3) is 5.42. The van der Waals surface area contributed by atoms with E-state index in [9.17, 15) is 0 Å². The van der Waals surface area contributed by atoms with E-state index in [2.05, 4.69) is 105 Å². The highest BCUT2D eigenvalue weighted by atomic mass is 31.1. The van der Waals surface area contributed by atoms with Gasteiger partial charge in [0.05, 0.1) is 19.5 Å². The molecule has 0 saturated carbocycles. The Balaban J connectivity index is 2.76. The number of hydrogen-bond donors (Lipinski definition) is 0. The molecule has 2 rings (SSSR count). The molecule has 2 aromatic rings. The van der Waals surface area contributed by atoms with E-state index in [-0.39, 0.29) is 10.5 Å². The summed E-state index contributed by atoms with van der Waals surface area (Å²) in [5.41, 5.74) is 5.82. The molecule has 5 heteroatoms. The van der Waals surface area contributed by atoms with E-state index in [1.165, 1.54) is 44.0 Å². The van der Waals surface area contributed by atoms with Gasteiger partial charge in [-0.25, -0.2) is 0 Å². The lowest BCUT2D eigenvalue weighted by molar-refractivity contribution is 0.511. The first-order valence-electron chi connectivity index (χ1n) is 10.9. The van der Waals surface area contributed by atoms with Crippen molar-refractivity contribution in [2.24, 2.45) is 0 Å². The van der Waals surface area contributed by atoms with E-state index in [0.29, 0.717) is 11.8 Å². The molecule has 0 fully saturated rings. The van der Waals surface area contributed by atoms with Gasteiger partial charge in [-0.3, -0.25) is 4.33 Å². The maximum atomic E-state index is 6.81. The lowest BCUT2D eigenvalue weighted by Gasteiger charge is -2.35. The van der Waals surface area contributed by atoms with Crippen LogP contribution in [0.5, 0.6) is 5.21 Å². The zero-order chi connectivity index (χ0) is 22.4. The molecule has 0 bridgehead atoms. The SMILES string of the molecule is CC(C)c1cccc(C(C)C)c1-n1pc(O[Si](C)(C)C(C)(C)C)pc1C(C)(C)C. The normalized spacial score (nSPS) is 14.1. The highest BCUT2D eigenvalue weighted by Crippen LogP contribution is 2.51. The van der Waals surface area contributed by atoms with Gasteiger partial charge in [-0.1, -0.05) is 87.4 Å². The van der Waals surface area contributed by atoms with Crippen molar-refractivity contribution in [3.63, 3.8) is 0 Å². The highest BCUT2D eigenvalue weighted by molar-refractivity contribution is 7.50. The number of hydrogen-bond acceptors (Lipinski definition) is 1. The van der Waals surface area contributed by atoms with Crippen molar-refractivity contribution in [3.8, 4) is 10.9 Å². The molecule has 2 nitrogen and oxygen atoms in total. The highest BCUT2D eigenvalue weighted by Gasteiger charge is 2.39. The van der Waals surface area contributed by atoms with Crippen LogP contribution in [-0.4, -0.2) is 12.6 Å². The van der Waals surface area contributed by atoms with Gasteiger partial charge in [-0.05, 0) is 49.3 Å². The van der Waals surface area contributed by atoms with E-state index in [1.54, 1.807) is 0 Å². The van der Waals surface area contributed by atoms with Crippen molar-refractivity contribution < 1.29 is 4.43 Å². The number of aromatic nitrogens is 1. The van der Waals surface area contributed by atoms with Gasteiger partial charge in [0.1, 0.15) is 5.21 Å². The first-order chi connectivity index (χ1) is 13.1. The Labute approximate surface area is 183 Å². The van der Waals surface area contributed by atoms with Crippen LogP contribution in [0.1, 0.15) is 97.6 Å². The van der Waals surface area contributed by atoms with Crippen LogP contribution < -0.4 is 4.43 Å². The lowest BCUT2D eigenvalue weighted by atomic mass is 9.92. The van der Waals surface area contributed by atoms with Gasteiger partial charge in [-0.2, -0.15) is 0 Å². The van der Waals surface area contributed by atoms with E-state index < -0.39 is 8.32 Å². The summed E-state index contributed by atoms with van der Waals surface area (Å²) >= 11 is 0. The average Bonchev–Trinajstić information content (AvgIpc) is 2.96. The van der Waals surface area contributed by atoms with Crippen molar-refractivity contribution >= 4 is 24.9 Å². The molecular formula is C24H41NOP2Si. The summed E-state index contributed by atoms with van der Waals surface area (Å²) in [7, 11) is 0.593. The summed E-state index contributed by atoms with van der Waals surface area (Å²) in [5.74, 6) is 0.976. The van der Waals surface area contributed by atoms with Crippen LogP contribution in [0.15, 0.2) is 18.2 Å². The van der Waals surface area contributed by atoms with Crippen molar-refractivity contribution in [2.45, 2.75) is 105 Å².